The van der Waals surface area contributed by atoms with Crippen molar-refractivity contribution >= 4 is 10.0 Å². The summed E-state index contributed by atoms with van der Waals surface area (Å²) in [6.07, 6.45) is 0.731. The molecule has 1 aromatic heterocycles. The molecular weight excluding hydrogens is 400 g/mol. The van der Waals surface area contributed by atoms with E-state index in [1.807, 2.05) is 39.8 Å². The summed E-state index contributed by atoms with van der Waals surface area (Å²) in [7, 11) is -3.54. The fourth-order valence-corrected chi connectivity index (χ4v) is 5.82. The number of rotatable bonds is 5. The lowest BCUT2D eigenvalue weighted by molar-refractivity contribution is 0.124. The van der Waals surface area contributed by atoms with Crippen molar-refractivity contribution < 1.29 is 12.9 Å². The fraction of sp³-hybridized carbons (Fsp3) is 0.636. The normalized spacial score (nSPS) is 18.0. The van der Waals surface area contributed by atoms with Crippen LogP contribution in [0.25, 0.3) is 0 Å². The van der Waals surface area contributed by atoms with Gasteiger partial charge in [0.15, 0.2) is 5.82 Å². The highest BCUT2D eigenvalue weighted by atomic mass is 32.2. The van der Waals surface area contributed by atoms with Crippen molar-refractivity contribution in [3.63, 3.8) is 0 Å². The van der Waals surface area contributed by atoms with Crippen LogP contribution in [0.5, 0.6) is 0 Å². The van der Waals surface area contributed by atoms with Crippen LogP contribution in [0.4, 0.5) is 0 Å². The molecule has 2 heterocycles. The molecular formula is C22H34N4O3S. The molecule has 0 bridgehead atoms. The van der Waals surface area contributed by atoms with E-state index in [-0.39, 0.29) is 11.5 Å². The van der Waals surface area contributed by atoms with Gasteiger partial charge >= 0.3 is 0 Å². The van der Waals surface area contributed by atoms with E-state index in [2.05, 4.69) is 35.8 Å². The molecule has 0 spiro atoms. The monoisotopic (exact) mass is 434 g/mol. The van der Waals surface area contributed by atoms with Gasteiger partial charge in [-0.3, -0.25) is 4.90 Å². The van der Waals surface area contributed by atoms with Gasteiger partial charge in [-0.1, -0.05) is 45.0 Å². The van der Waals surface area contributed by atoms with Gasteiger partial charge in [0.25, 0.3) is 0 Å². The SMILES string of the molecule is CCc1noc([C@H](C)N2CCN(S(=O)(=O)c3c(C)cc(C(C)(C)C)cc3C)CC2)n1. The molecule has 0 radical (unpaired) electrons. The second-order valence-electron chi connectivity index (χ2n) is 9.21. The summed E-state index contributed by atoms with van der Waals surface area (Å²) in [6.45, 7) is 16.4. The van der Waals surface area contributed by atoms with Gasteiger partial charge in [-0.15, -0.1) is 0 Å². The van der Waals surface area contributed by atoms with Crippen molar-refractivity contribution in [3.05, 3.63) is 40.5 Å². The Morgan fingerprint density at radius 2 is 1.67 bits per heavy atom. The van der Waals surface area contributed by atoms with Gasteiger partial charge in [0.2, 0.25) is 15.9 Å². The number of aromatic nitrogens is 2. The maximum Gasteiger partial charge on any atom is 0.243 e. The highest BCUT2D eigenvalue weighted by Crippen LogP contribution is 2.31. The van der Waals surface area contributed by atoms with Gasteiger partial charge in [0, 0.05) is 32.6 Å². The molecule has 1 fully saturated rings. The number of aryl methyl sites for hydroxylation is 3. The summed E-state index contributed by atoms with van der Waals surface area (Å²) in [4.78, 5) is 7.06. The number of hydrogen-bond donors (Lipinski definition) is 0. The van der Waals surface area contributed by atoms with Gasteiger partial charge in [-0.05, 0) is 42.9 Å². The Labute approximate surface area is 180 Å². The Hall–Kier alpha value is -1.77. The molecule has 30 heavy (non-hydrogen) atoms. The van der Waals surface area contributed by atoms with Crippen molar-refractivity contribution in [2.75, 3.05) is 26.2 Å². The first-order valence-electron chi connectivity index (χ1n) is 10.6. The molecule has 0 N–H and O–H groups in total. The maximum atomic E-state index is 13.4. The largest absolute Gasteiger partial charge is 0.338 e. The number of hydrogen-bond acceptors (Lipinski definition) is 6. The Bertz CT molecular complexity index is 977. The molecule has 0 aliphatic carbocycles. The van der Waals surface area contributed by atoms with Crippen LogP contribution in [0, 0.1) is 13.8 Å². The summed E-state index contributed by atoms with van der Waals surface area (Å²) in [6, 6.07) is 4.00. The minimum atomic E-state index is -3.54. The van der Waals surface area contributed by atoms with Gasteiger partial charge in [0.1, 0.15) is 0 Å². The fourth-order valence-electron chi connectivity index (χ4n) is 3.99. The Morgan fingerprint density at radius 3 is 2.13 bits per heavy atom. The molecule has 166 valence electrons. The first-order valence-corrected chi connectivity index (χ1v) is 12.1. The van der Waals surface area contributed by atoms with Crippen molar-refractivity contribution in [3.8, 4) is 0 Å². The van der Waals surface area contributed by atoms with Gasteiger partial charge in [-0.2, -0.15) is 9.29 Å². The molecule has 1 atom stereocenters. The lowest BCUT2D eigenvalue weighted by Crippen LogP contribution is -2.49. The third-order valence-corrected chi connectivity index (χ3v) is 8.11. The Morgan fingerprint density at radius 1 is 1.10 bits per heavy atom. The maximum absolute atomic E-state index is 13.4. The predicted molar refractivity (Wildman–Crippen MR) is 117 cm³/mol. The van der Waals surface area contributed by atoms with Crippen LogP contribution in [0.1, 0.15) is 69.1 Å². The first kappa shape index (κ1) is 22.9. The minimum Gasteiger partial charge on any atom is -0.338 e. The van der Waals surface area contributed by atoms with E-state index in [0.717, 1.165) is 23.1 Å². The zero-order valence-corrected chi connectivity index (χ0v) is 20.0. The van der Waals surface area contributed by atoms with Crippen LogP contribution < -0.4 is 0 Å². The lowest BCUT2D eigenvalue weighted by Gasteiger charge is -2.36. The van der Waals surface area contributed by atoms with E-state index in [1.54, 1.807) is 4.31 Å². The van der Waals surface area contributed by atoms with Crippen molar-refractivity contribution in [1.82, 2.24) is 19.3 Å². The molecule has 2 aromatic rings. The summed E-state index contributed by atoms with van der Waals surface area (Å²) < 4.78 is 33.9. The number of piperazine rings is 1. The second-order valence-corrected chi connectivity index (χ2v) is 11.1. The molecule has 0 amide bonds. The molecule has 1 aliphatic heterocycles. The van der Waals surface area contributed by atoms with Gasteiger partial charge in [-0.25, -0.2) is 8.42 Å². The summed E-state index contributed by atoms with van der Waals surface area (Å²) in [5, 5.41) is 3.97. The molecule has 7 nitrogen and oxygen atoms in total. The summed E-state index contributed by atoms with van der Waals surface area (Å²) in [5.74, 6) is 1.29. The predicted octanol–water partition coefficient (Wildman–Crippen LogP) is 3.61. The van der Waals surface area contributed by atoms with E-state index in [1.165, 1.54) is 0 Å². The Kier molecular flexibility index (Phi) is 6.41. The van der Waals surface area contributed by atoms with Crippen LogP contribution in [-0.4, -0.2) is 53.9 Å². The smallest absolute Gasteiger partial charge is 0.243 e. The highest BCUT2D eigenvalue weighted by Gasteiger charge is 2.34. The van der Waals surface area contributed by atoms with E-state index in [0.29, 0.717) is 42.8 Å². The van der Waals surface area contributed by atoms with Crippen molar-refractivity contribution in [1.29, 1.82) is 0 Å². The van der Waals surface area contributed by atoms with Crippen LogP contribution in [0.3, 0.4) is 0 Å². The molecule has 1 aromatic carbocycles. The summed E-state index contributed by atoms with van der Waals surface area (Å²) >= 11 is 0. The minimum absolute atomic E-state index is 0.0219. The molecule has 3 rings (SSSR count). The molecule has 1 aliphatic rings. The van der Waals surface area contributed by atoms with Gasteiger partial charge in [0.05, 0.1) is 10.9 Å². The molecule has 1 saturated heterocycles. The lowest BCUT2D eigenvalue weighted by atomic mass is 9.85. The van der Waals surface area contributed by atoms with E-state index >= 15 is 0 Å². The molecule has 0 unspecified atom stereocenters. The molecule has 8 heteroatoms. The average molecular weight is 435 g/mol. The topological polar surface area (TPSA) is 79.5 Å². The van der Waals surface area contributed by atoms with E-state index in [4.69, 9.17) is 4.52 Å². The van der Waals surface area contributed by atoms with Crippen LogP contribution in [0.2, 0.25) is 0 Å². The van der Waals surface area contributed by atoms with Crippen molar-refractivity contribution in [2.45, 2.75) is 71.2 Å². The third kappa shape index (κ3) is 4.45. The quantitative estimate of drug-likeness (QED) is 0.715. The summed E-state index contributed by atoms with van der Waals surface area (Å²) in [5.41, 5.74) is 2.76. The zero-order valence-electron chi connectivity index (χ0n) is 19.2. The Balaban J connectivity index is 1.76. The van der Waals surface area contributed by atoms with Crippen LogP contribution in [0.15, 0.2) is 21.6 Å². The average Bonchev–Trinajstić information content (AvgIpc) is 3.15. The zero-order chi connectivity index (χ0) is 22.3. The van der Waals surface area contributed by atoms with E-state index in [9.17, 15) is 8.42 Å². The second kappa shape index (κ2) is 8.40. The van der Waals surface area contributed by atoms with E-state index < -0.39 is 10.0 Å². The van der Waals surface area contributed by atoms with Crippen LogP contribution in [-0.2, 0) is 21.9 Å². The van der Waals surface area contributed by atoms with Gasteiger partial charge < -0.3 is 4.52 Å². The molecule has 0 saturated carbocycles. The number of nitrogens with zero attached hydrogens (tertiary/aromatic N) is 4. The number of sulfonamides is 1. The third-order valence-electron chi connectivity index (χ3n) is 5.90. The first-order chi connectivity index (χ1) is 13.9. The highest BCUT2D eigenvalue weighted by molar-refractivity contribution is 7.89. The van der Waals surface area contributed by atoms with Crippen molar-refractivity contribution in [2.24, 2.45) is 0 Å². The standard InChI is InChI=1S/C22H34N4O3S/c1-8-19-23-21(29-24-19)17(4)25-9-11-26(12-10-25)30(27,28)20-15(2)13-18(14-16(20)3)22(5,6)7/h13-14,17H,8-12H2,1-7H3/t17-/m0/s1. The van der Waals surface area contributed by atoms with Crippen LogP contribution >= 0.6 is 0 Å². The number of benzene rings is 1.